The summed E-state index contributed by atoms with van der Waals surface area (Å²) in [5.74, 6) is 0.806. The van der Waals surface area contributed by atoms with Crippen molar-refractivity contribution in [3.8, 4) is 0 Å². The molecule has 0 saturated heterocycles. The Bertz CT molecular complexity index is 189. The molecule has 2 atom stereocenters. The maximum Gasteiger partial charge on any atom is 0.0810 e. The molecule has 0 spiro atoms. The van der Waals surface area contributed by atoms with Gasteiger partial charge < -0.3 is 10.5 Å². The molecule has 2 unspecified atom stereocenters. The number of rotatable bonds is 3. The van der Waals surface area contributed by atoms with Crippen LogP contribution in [0.15, 0.2) is 0 Å². The van der Waals surface area contributed by atoms with Crippen LogP contribution in [0.4, 0.5) is 0 Å². The molecule has 0 bridgehead atoms. The number of hydrogen-bond acceptors (Lipinski definition) is 2. The summed E-state index contributed by atoms with van der Waals surface area (Å²) in [7, 11) is 0. The maximum absolute atomic E-state index is 6.25. The van der Waals surface area contributed by atoms with Crippen molar-refractivity contribution in [1.29, 1.82) is 0 Å². The normalized spacial score (nSPS) is 39.4. The Labute approximate surface area is 87.2 Å². The highest BCUT2D eigenvalue weighted by Gasteiger charge is 2.39. The van der Waals surface area contributed by atoms with Crippen molar-refractivity contribution in [1.82, 2.24) is 0 Å². The quantitative estimate of drug-likeness (QED) is 0.754. The van der Waals surface area contributed by atoms with Gasteiger partial charge in [-0.25, -0.2) is 0 Å². The van der Waals surface area contributed by atoms with Crippen LogP contribution in [0.3, 0.4) is 0 Å². The molecular weight excluding hydrogens is 174 g/mol. The molecule has 0 amide bonds. The molecule has 2 nitrogen and oxygen atoms in total. The van der Waals surface area contributed by atoms with E-state index in [4.69, 9.17) is 10.5 Å². The van der Waals surface area contributed by atoms with E-state index in [-0.39, 0.29) is 5.60 Å². The smallest absolute Gasteiger partial charge is 0.0810 e. The standard InChI is InChI=1S/C12H23NO/c1-10-6-7-12(8-10,9-13)14-11-4-2-3-5-11/h10-11H,2-9,13H2,1H3. The molecule has 2 N–H and O–H groups in total. The molecule has 2 saturated carbocycles. The minimum absolute atomic E-state index is 0.0500. The van der Waals surface area contributed by atoms with Gasteiger partial charge in [0.15, 0.2) is 0 Å². The average molecular weight is 197 g/mol. The molecule has 0 aromatic rings. The zero-order valence-corrected chi connectivity index (χ0v) is 9.30. The van der Waals surface area contributed by atoms with Crippen molar-refractivity contribution in [2.24, 2.45) is 11.7 Å². The van der Waals surface area contributed by atoms with Crippen molar-refractivity contribution in [3.05, 3.63) is 0 Å². The van der Waals surface area contributed by atoms with Crippen LogP contribution >= 0.6 is 0 Å². The van der Waals surface area contributed by atoms with Crippen LogP contribution in [0.2, 0.25) is 0 Å². The summed E-state index contributed by atoms with van der Waals surface area (Å²) < 4.78 is 6.25. The number of nitrogens with two attached hydrogens (primary N) is 1. The van der Waals surface area contributed by atoms with Gasteiger partial charge >= 0.3 is 0 Å². The highest BCUT2D eigenvalue weighted by molar-refractivity contribution is 4.92. The van der Waals surface area contributed by atoms with E-state index in [0.717, 1.165) is 5.92 Å². The van der Waals surface area contributed by atoms with Gasteiger partial charge in [-0.1, -0.05) is 19.8 Å². The van der Waals surface area contributed by atoms with Crippen molar-refractivity contribution < 1.29 is 4.74 Å². The van der Waals surface area contributed by atoms with Gasteiger partial charge in [0.05, 0.1) is 11.7 Å². The summed E-state index contributed by atoms with van der Waals surface area (Å²) in [6.45, 7) is 3.03. The fourth-order valence-corrected chi connectivity index (χ4v) is 3.05. The topological polar surface area (TPSA) is 35.2 Å². The minimum atomic E-state index is 0.0500. The van der Waals surface area contributed by atoms with E-state index in [1.54, 1.807) is 0 Å². The van der Waals surface area contributed by atoms with Gasteiger partial charge in [-0.3, -0.25) is 0 Å². The second-order valence-electron chi connectivity index (χ2n) is 5.26. The van der Waals surface area contributed by atoms with E-state index in [2.05, 4.69) is 6.92 Å². The van der Waals surface area contributed by atoms with Gasteiger partial charge in [0.25, 0.3) is 0 Å². The summed E-state index contributed by atoms with van der Waals surface area (Å²) in [4.78, 5) is 0. The monoisotopic (exact) mass is 197 g/mol. The van der Waals surface area contributed by atoms with E-state index < -0.39 is 0 Å². The average Bonchev–Trinajstić information content (AvgIpc) is 2.77. The first-order valence-electron chi connectivity index (χ1n) is 6.12. The Kier molecular flexibility index (Phi) is 3.13. The highest BCUT2D eigenvalue weighted by Crippen LogP contribution is 2.39. The van der Waals surface area contributed by atoms with Gasteiger partial charge in [-0.05, 0) is 38.0 Å². The van der Waals surface area contributed by atoms with Crippen LogP contribution in [0.5, 0.6) is 0 Å². The zero-order valence-electron chi connectivity index (χ0n) is 9.30. The lowest BCUT2D eigenvalue weighted by Crippen LogP contribution is -2.41. The second kappa shape index (κ2) is 4.19. The SMILES string of the molecule is CC1CCC(CN)(OC2CCCC2)C1. The Balaban J connectivity index is 1.91. The Morgan fingerprint density at radius 1 is 1.29 bits per heavy atom. The summed E-state index contributed by atoms with van der Waals surface area (Å²) >= 11 is 0. The molecule has 0 heterocycles. The summed E-state index contributed by atoms with van der Waals surface area (Å²) in [6, 6.07) is 0. The van der Waals surface area contributed by atoms with Crippen molar-refractivity contribution in [3.63, 3.8) is 0 Å². The van der Waals surface area contributed by atoms with E-state index in [1.807, 2.05) is 0 Å². The van der Waals surface area contributed by atoms with Crippen LogP contribution < -0.4 is 5.73 Å². The number of ether oxygens (including phenoxy) is 1. The minimum Gasteiger partial charge on any atom is -0.370 e. The van der Waals surface area contributed by atoms with Gasteiger partial charge in [-0.2, -0.15) is 0 Å². The number of hydrogen-bond donors (Lipinski definition) is 1. The molecule has 2 rings (SSSR count). The third-order valence-electron chi connectivity index (χ3n) is 3.90. The first kappa shape index (κ1) is 10.4. The Morgan fingerprint density at radius 3 is 2.50 bits per heavy atom. The molecule has 2 heteroatoms. The molecule has 2 aliphatic carbocycles. The third kappa shape index (κ3) is 2.12. The molecule has 14 heavy (non-hydrogen) atoms. The van der Waals surface area contributed by atoms with Crippen LogP contribution in [0.1, 0.15) is 51.9 Å². The van der Waals surface area contributed by atoms with Gasteiger partial charge in [0.1, 0.15) is 0 Å². The van der Waals surface area contributed by atoms with Crippen LogP contribution in [0.25, 0.3) is 0 Å². The zero-order chi connectivity index (χ0) is 10.0. The Hall–Kier alpha value is -0.0800. The molecule has 2 fully saturated rings. The summed E-state index contributed by atoms with van der Waals surface area (Å²) in [5.41, 5.74) is 5.93. The van der Waals surface area contributed by atoms with Crippen molar-refractivity contribution in [2.75, 3.05) is 6.54 Å². The lowest BCUT2D eigenvalue weighted by molar-refractivity contribution is -0.0828. The van der Waals surface area contributed by atoms with E-state index in [9.17, 15) is 0 Å². The predicted octanol–water partition coefficient (Wildman–Crippen LogP) is 2.46. The van der Waals surface area contributed by atoms with Gasteiger partial charge in [-0.15, -0.1) is 0 Å². The largest absolute Gasteiger partial charge is 0.370 e. The lowest BCUT2D eigenvalue weighted by atomic mass is 10.00. The molecule has 0 aromatic carbocycles. The Morgan fingerprint density at radius 2 is 2.00 bits per heavy atom. The second-order valence-corrected chi connectivity index (χ2v) is 5.26. The van der Waals surface area contributed by atoms with E-state index >= 15 is 0 Å². The molecule has 0 radical (unpaired) electrons. The molecule has 0 aromatic heterocycles. The first-order valence-corrected chi connectivity index (χ1v) is 6.12. The van der Waals surface area contributed by atoms with Gasteiger partial charge in [0, 0.05) is 6.54 Å². The summed E-state index contributed by atoms with van der Waals surface area (Å²) in [5, 5.41) is 0. The molecular formula is C12H23NO. The molecule has 82 valence electrons. The molecule has 2 aliphatic rings. The van der Waals surface area contributed by atoms with Crippen molar-refractivity contribution >= 4 is 0 Å². The maximum atomic E-state index is 6.25. The fraction of sp³-hybridized carbons (Fsp3) is 1.00. The first-order chi connectivity index (χ1) is 6.74. The molecule has 0 aliphatic heterocycles. The van der Waals surface area contributed by atoms with Crippen LogP contribution in [0, 0.1) is 5.92 Å². The summed E-state index contributed by atoms with van der Waals surface area (Å²) in [6.07, 6.45) is 9.39. The highest BCUT2D eigenvalue weighted by atomic mass is 16.5. The predicted molar refractivity (Wildman–Crippen MR) is 58.1 cm³/mol. The fourth-order valence-electron chi connectivity index (χ4n) is 3.05. The van der Waals surface area contributed by atoms with E-state index in [0.29, 0.717) is 12.6 Å². The van der Waals surface area contributed by atoms with Crippen LogP contribution in [-0.4, -0.2) is 18.2 Å². The lowest BCUT2D eigenvalue weighted by Gasteiger charge is -2.31. The third-order valence-corrected chi connectivity index (χ3v) is 3.90. The van der Waals surface area contributed by atoms with E-state index in [1.165, 1.54) is 44.9 Å². The van der Waals surface area contributed by atoms with Crippen molar-refractivity contribution in [2.45, 2.75) is 63.6 Å². The van der Waals surface area contributed by atoms with Crippen LogP contribution in [-0.2, 0) is 4.74 Å². The van der Waals surface area contributed by atoms with Gasteiger partial charge in [0.2, 0.25) is 0 Å².